The summed E-state index contributed by atoms with van der Waals surface area (Å²) in [6.07, 6.45) is 10.4. The molecule has 44 heavy (non-hydrogen) atoms. The lowest BCUT2D eigenvalue weighted by molar-refractivity contribution is 0.0961. The average Bonchev–Trinajstić information content (AvgIpc) is 3.09. The van der Waals surface area contributed by atoms with Gasteiger partial charge in [0.15, 0.2) is 0 Å². The number of hydrogen-bond acceptors (Lipinski definition) is 5. The maximum Gasteiger partial charge on any atom is 0.255 e. The van der Waals surface area contributed by atoms with Crippen molar-refractivity contribution in [1.82, 2.24) is 10.3 Å². The van der Waals surface area contributed by atoms with E-state index in [1.807, 2.05) is 18.2 Å². The summed E-state index contributed by atoms with van der Waals surface area (Å²) in [5.41, 5.74) is 12.5. The van der Waals surface area contributed by atoms with E-state index in [0.717, 1.165) is 31.6 Å². The second kappa shape index (κ2) is 14.5. The fourth-order valence-electron chi connectivity index (χ4n) is 5.75. The van der Waals surface area contributed by atoms with E-state index in [1.54, 1.807) is 54.6 Å². The summed E-state index contributed by atoms with van der Waals surface area (Å²) in [5, 5.41) is 5.50. The van der Waals surface area contributed by atoms with E-state index in [-0.39, 0.29) is 11.8 Å². The minimum Gasteiger partial charge on any atom is -0.372 e. The highest BCUT2D eigenvalue weighted by Crippen LogP contribution is 2.33. The number of aryl methyl sites for hydroxylation is 2. The number of piperidine rings is 1. The number of nitrogens with one attached hydrogen (secondary N) is 2. The van der Waals surface area contributed by atoms with Crippen LogP contribution in [0.4, 0.5) is 11.4 Å². The zero-order valence-electron chi connectivity index (χ0n) is 25.1. The fourth-order valence-corrected chi connectivity index (χ4v) is 5.75. The molecule has 1 saturated heterocycles. The summed E-state index contributed by atoms with van der Waals surface area (Å²) in [4.78, 5) is 43.5. The number of hydrogen-bond donors (Lipinski definition) is 3. The second-order valence-corrected chi connectivity index (χ2v) is 11.2. The van der Waals surface area contributed by atoms with Crippen LogP contribution in [-0.4, -0.2) is 42.8 Å². The number of nitrogens with two attached hydrogens (primary N) is 1. The molecule has 1 aromatic heterocycles. The molecule has 0 saturated carbocycles. The van der Waals surface area contributed by atoms with Gasteiger partial charge in [0.1, 0.15) is 0 Å². The molecule has 0 bridgehead atoms. The van der Waals surface area contributed by atoms with E-state index in [0.29, 0.717) is 33.6 Å². The number of fused-ring (bicyclic) bond motifs is 1. The molecule has 6 rings (SSSR count). The highest BCUT2D eigenvalue weighted by molar-refractivity contribution is 6.08. The average molecular weight is 590 g/mol. The number of amides is 3. The maximum absolute atomic E-state index is 13.1. The zero-order valence-corrected chi connectivity index (χ0v) is 25.1. The molecule has 226 valence electrons. The molecular weight excluding hydrogens is 550 g/mol. The number of anilines is 2. The van der Waals surface area contributed by atoms with Gasteiger partial charge < -0.3 is 21.3 Å². The Labute approximate surface area is 258 Å². The van der Waals surface area contributed by atoms with Crippen molar-refractivity contribution in [3.8, 4) is 11.3 Å². The first-order chi connectivity index (χ1) is 21.4. The Kier molecular flexibility index (Phi) is 10.0. The molecule has 0 radical (unpaired) electrons. The maximum atomic E-state index is 13.1. The van der Waals surface area contributed by atoms with Crippen LogP contribution in [0.1, 0.15) is 74.3 Å². The Morgan fingerprint density at radius 1 is 0.727 bits per heavy atom. The van der Waals surface area contributed by atoms with Crippen molar-refractivity contribution in [2.75, 3.05) is 30.4 Å². The van der Waals surface area contributed by atoms with Crippen LogP contribution < -0.4 is 21.3 Å². The summed E-state index contributed by atoms with van der Waals surface area (Å²) in [6, 6.07) is 24.3. The van der Waals surface area contributed by atoms with Crippen molar-refractivity contribution in [1.29, 1.82) is 0 Å². The molecule has 1 fully saturated rings. The summed E-state index contributed by atoms with van der Waals surface area (Å²) in [7, 11) is 1.54. The molecule has 1 aliphatic heterocycles. The molecule has 4 N–H and O–H groups in total. The zero-order chi connectivity index (χ0) is 30.9. The van der Waals surface area contributed by atoms with E-state index in [9.17, 15) is 14.4 Å². The van der Waals surface area contributed by atoms with Crippen LogP contribution >= 0.6 is 0 Å². The Hall–Kier alpha value is -4.98. The van der Waals surface area contributed by atoms with Gasteiger partial charge in [0.25, 0.3) is 11.8 Å². The minimum absolute atomic E-state index is 0.270. The number of rotatable bonds is 6. The van der Waals surface area contributed by atoms with Gasteiger partial charge in [0.2, 0.25) is 5.91 Å². The molecule has 8 nitrogen and oxygen atoms in total. The number of nitrogens with zero attached hydrogens (tertiary/aromatic N) is 2. The quantitative estimate of drug-likeness (QED) is 0.254. The third kappa shape index (κ3) is 7.50. The lowest BCUT2D eigenvalue weighted by Crippen LogP contribution is -2.29. The number of primary amides is 1. The summed E-state index contributed by atoms with van der Waals surface area (Å²) < 4.78 is 0. The van der Waals surface area contributed by atoms with Crippen molar-refractivity contribution in [2.24, 2.45) is 5.73 Å². The predicted octanol–water partition coefficient (Wildman–Crippen LogP) is 6.02. The van der Waals surface area contributed by atoms with Crippen molar-refractivity contribution >= 4 is 29.1 Å². The monoisotopic (exact) mass is 589 g/mol. The van der Waals surface area contributed by atoms with Crippen LogP contribution in [0.25, 0.3) is 11.3 Å². The Balaban J connectivity index is 0.000000322. The van der Waals surface area contributed by atoms with E-state index in [4.69, 9.17) is 5.73 Å². The molecule has 2 heterocycles. The summed E-state index contributed by atoms with van der Waals surface area (Å²) in [6.45, 7) is 1.93. The van der Waals surface area contributed by atoms with Gasteiger partial charge in [-0.3, -0.25) is 19.4 Å². The SMILES string of the molecule is CNC(=O)c1cccc(C(=O)Nc2ccc(N3CCCCC3)cc2-c2cc(C(N)=O)ccn2)c1.c1ccc2c(c1)CCCC2. The molecule has 0 spiro atoms. The van der Waals surface area contributed by atoms with Crippen LogP contribution in [0, 0.1) is 0 Å². The van der Waals surface area contributed by atoms with Gasteiger partial charge >= 0.3 is 0 Å². The highest BCUT2D eigenvalue weighted by Gasteiger charge is 2.18. The van der Waals surface area contributed by atoms with Crippen LogP contribution in [0.15, 0.2) is 85.1 Å². The van der Waals surface area contributed by atoms with Crippen LogP contribution in [0.3, 0.4) is 0 Å². The molecule has 3 aromatic carbocycles. The van der Waals surface area contributed by atoms with Gasteiger partial charge in [-0.2, -0.15) is 0 Å². The normalized spacial score (nSPS) is 14.0. The fraction of sp³-hybridized carbons (Fsp3) is 0.278. The van der Waals surface area contributed by atoms with E-state index >= 15 is 0 Å². The van der Waals surface area contributed by atoms with Crippen molar-refractivity contribution in [3.05, 3.63) is 113 Å². The van der Waals surface area contributed by atoms with Gasteiger partial charge in [0.05, 0.1) is 11.4 Å². The highest BCUT2D eigenvalue weighted by atomic mass is 16.2. The largest absolute Gasteiger partial charge is 0.372 e. The van der Waals surface area contributed by atoms with Crippen molar-refractivity contribution in [2.45, 2.75) is 44.9 Å². The van der Waals surface area contributed by atoms with Gasteiger partial charge in [-0.15, -0.1) is 0 Å². The van der Waals surface area contributed by atoms with Gasteiger partial charge in [0, 0.05) is 54.3 Å². The summed E-state index contributed by atoms with van der Waals surface area (Å²) in [5.74, 6) is -1.18. The number of aromatic nitrogens is 1. The van der Waals surface area contributed by atoms with Crippen molar-refractivity contribution < 1.29 is 14.4 Å². The first-order valence-corrected chi connectivity index (χ1v) is 15.3. The number of carbonyl (C=O) groups excluding carboxylic acids is 3. The van der Waals surface area contributed by atoms with Crippen LogP contribution in [-0.2, 0) is 12.8 Å². The molecule has 1 aliphatic carbocycles. The first kappa shape index (κ1) is 30.5. The molecule has 2 aliphatic rings. The van der Waals surface area contributed by atoms with Crippen LogP contribution in [0.2, 0.25) is 0 Å². The van der Waals surface area contributed by atoms with Crippen molar-refractivity contribution in [3.63, 3.8) is 0 Å². The van der Waals surface area contributed by atoms with E-state index in [2.05, 4.69) is 44.8 Å². The van der Waals surface area contributed by atoms with E-state index < -0.39 is 5.91 Å². The number of benzene rings is 3. The lowest BCUT2D eigenvalue weighted by atomic mass is 9.92. The van der Waals surface area contributed by atoms with Gasteiger partial charge in [-0.25, -0.2) is 0 Å². The topological polar surface area (TPSA) is 117 Å². The third-order valence-corrected chi connectivity index (χ3v) is 8.17. The lowest BCUT2D eigenvalue weighted by Gasteiger charge is -2.29. The molecule has 4 aromatic rings. The standard InChI is InChI=1S/C26H27N5O3.C10H12/c1-28-25(33)18-6-5-7-19(14-18)26(34)30-22-9-8-20(31-12-3-2-4-13-31)16-21(22)23-15-17(24(27)32)10-11-29-23;1-2-6-10-8-4-3-7-9(10)5-1/h5-11,14-16H,2-4,12-13H2,1H3,(H2,27,32)(H,28,33)(H,30,34);1-2,5-6H,3-4,7-8H2. The van der Waals surface area contributed by atoms with Crippen LogP contribution in [0.5, 0.6) is 0 Å². The second-order valence-electron chi connectivity index (χ2n) is 11.2. The van der Waals surface area contributed by atoms with E-state index in [1.165, 1.54) is 38.3 Å². The molecule has 0 atom stereocenters. The number of pyridine rings is 1. The summed E-state index contributed by atoms with van der Waals surface area (Å²) >= 11 is 0. The smallest absolute Gasteiger partial charge is 0.255 e. The Morgan fingerprint density at radius 3 is 2.07 bits per heavy atom. The predicted molar refractivity (Wildman–Crippen MR) is 175 cm³/mol. The third-order valence-electron chi connectivity index (χ3n) is 8.17. The molecule has 0 unspecified atom stereocenters. The number of carbonyl (C=O) groups is 3. The molecule has 3 amide bonds. The molecular formula is C36H39N5O3. The first-order valence-electron chi connectivity index (χ1n) is 15.3. The minimum atomic E-state index is -0.549. The Morgan fingerprint density at radius 2 is 1.41 bits per heavy atom. The van der Waals surface area contributed by atoms with Gasteiger partial charge in [-0.05, 0) is 105 Å². The Bertz CT molecular complexity index is 1620. The molecule has 8 heteroatoms. The van der Waals surface area contributed by atoms with Gasteiger partial charge in [-0.1, -0.05) is 30.3 Å².